The van der Waals surface area contributed by atoms with Crippen molar-refractivity contribution in [1.82, 2.24) is 15.5 Å². The topological polar surface area (TPSA) is 85.1 Å². The Balaban J connectivity index is 1.80. The van der Waals surface area contributed by atoms with E-state index in [2.05, 4.69) is 22.4 Å². The fourth-order valence-corrected chi connectivity index (χ4v) is 4.60. The van der Waals surface area contributed by atoms with E-state index >= 15 is 0 Å². The molecule has 1 N–H and O–H groups in total. The zero-order chi connectivity index (χ0) is 13.5. The van der Waals surface area contributed by atoms with Crippen LogP contribution >= 0.6 is 0 Å². The molecule has 19 heavy (non-hydrogen) atoms. The molecule has 2 unspecified atom stereocenters. The van der Waals surface area contributed by atoms with E-state index in [4.69, 9.17) is 4.52 Å². The van der Waals surface area contributed by atoms with E-state index in [0.717, 1.165) is 25.8 Å². The predicted molar refractivity (Wildman–Crippen MR) is 69.5 cm³/mol. The van der Waals surface area contributed by atoms with Gasteiger partial charge >= 0.3 is 0 Å². The van der Waals surface area contributed by atoms with E-state index in [0.29, 0.717) is 18.1 Å². The van der Waals surface area contributed by atoms with Crippen LogP contribution in [-0.4, -0.2) is 36.6 Å². The van der Waals surface area contributed by atoms with Gasteiger partial charge in [0.25, 0.3) is 0 Å². The van der Waals surface area contributed by atoms with Gasteiger partial charge in [0.1, 0.15) is 0 Å². The Morgan fingerprint density at radius 1 is 1.42 bits per heavy atom. The fourth-order valence-electron chi connectivity index (χ4n) is 2.86. The Labute approximate surface area is 112 Å². The summed E-state index contributed by atoms with van der Waals surface area (Å²) in [7, 11) is -2.91. The van der Waals surface area contributed by atoms with Gasteiger partial charge in [0.2, 0.25) is 5.89 Å². The van der Waals surface area contributed by atoms with Crippen molar-refractivity contribution in [2.45, 2.75) is 44.1 Å². The molecule has 0 bridgehead atoms. The summed E-state index contributed by atoms with van der Waals surface area (Å²) in [4.78, 5) is 4.45. The van der Waals surface area contributed by atoms with E-state index in [1.165, 1.54) is 0 Å². The first-order valence-corrected chi connectivity index (χ1v) is 8.60. The van der Waals surface area contributed by atoms with Crippen LogP contribution in [0.2, 0.25) is 0 Å². The number of aromatic nitrogens is 2. The first-order valence-electron chi connectivity index (χ1n) is 6.78. The lowest BCUT2D eigenvalue weighted by Gasteiger charge is -2.31. The lowest BCUT2D eigenvalue weighted by molar-refractivity contribution is 0.206. The molecule has 2 aliphatic heterocycles. The monoisotopic (exact) mass is 285 g/mol. The Hall–Kier alpha value is -0.950. The maximum atomic E-state index is 11.5. The van der Waals surface area contributed by atoms with Crippen molar-refractivity contribution in [1.29, 1.82) is 0 Å². The molecule has 2 atom stereocenters. The minimum atomic E-state index is -2.91. The van der Waals surface area contributed by atoms with Gasteiger partial charge in [0.15, 0.2) is 15.7 Å². The summed E-state index contributed by atoms with van der Waals surface area (Å²) in [6.07, 6.45) is 3.87. The van der Waals surface area contributed by atoms with Crippen LogP contribution in [0, 0.1) is 0 Å². The Bertz CT molecular complexity index is 561. The molecule has 106 valence electrons. The van der Waals surface area contributed by atoms with Crippen LogP contribution in [0.3, 0.4) is 0 Å². The molecule has 0 saturated carbocycles. The zero-order valence-electron chi connectivity index (χ0n) is 11.1. The van der Waals surface area contributed by atoms with Crippen LogP contribution < -0.4 is 5.32 Å². The SMILES string of the molecule is CC1(c2nc(C3CCS(=O)(=O)C3)no2)CCCCN1. The summed E-state index contributed by atoms with van der Waals surface area (Å²) in [6.45, 7) is 3.01. The number of nitrogens with one attached hydrogen (secondary N) is 1. The molecule has 2 aliphatic rings. The van der Waals surface area contributed by atoms with Crippen LogP contribution in [0.1, 0.15) is 50.2 Å². The van der Waals surface area contributed by atoms with Gasteiger partial charge in [-0.15, -0.1) is 0 Å². The zero-order valence-corrected chi connectivity index (χ0v) is 11.9. The molecule has 0 amide bonds. The van der Waals surface area contributed by atoms with Crippen LogP contribution in [0.15, 0.2) is 4.52 Å². The number of hydrogen-bond donors (Lipinski definition) is 1. The van der Waals surface area contributed by atoms with Gasteiger partial charge < -0.3 is 9.84 Å². The largest absolute Gasteiger partial charge is 0.337 e. The molecule has 7 heteroatoms. The first-order chi connectivity index (χ1) is 8.99. The average Bonchev–Trinajstić information content (AvgIpc) is 2.96. The van der Waals surface area contributed by atoms with Gasteiger partial charge in [-0.1, -0.05) is 5.16 Å². The highest BCUT2D eigenvalue weighted by Gasteiger charge is 2.37. The molecular formula is C12H19N3O3S. The minimum absolute atomic E-state index is 0.102. The first kappa shape index (κ1) is 13.1. The molecule has 3 heterocycles. The summed E-state index contributed by atoms with van der Waals surface area (Å²) in [5.74, 6) is 1.42. The maximum Gasteiger partial charge on any atom is 0.246 e. The van der Waals surface area contributed by atoms with Gasteiger partial charge in [-0.05, 0) is 39.2 Å². The molecular weight excluding hydrogens is 266 g/mol. The minimum Gasteiger partial charge on any atom is -0.337 e. The normalized spacial score (nSPS) is 34.5. The predicted octanol–water partition coefficient (Wildman–Crippen LogP) is 0.960. The molecule has 0 aromatic carbocycles. The number of hydrogen-bond acceptors (Lipinski definition) is 6. The fraction of sp³-hybridized carbons (Fsp3) is 0.833. The van der Waals surface area contributed by atoms with Crippen molar-refractivity contribution >= 4 is 9.84 Å². The van der Waals surface area contributed by atoms with E-state index in [1.807, 2.05) is 0 Å². The highest BCUT2D eigenvalue weighted by Crippen LogP contribution is 2.31. The van der Waals surface area contributed by atoms with Crippen molar-refractivity contribution < 1.29 is 12.9 Å². The van der Waals surface area contributed by atoms with Gasteiger partial charge in [0, 0.05) is 5.92 Å². The third-order valence-electron chi connectivity index (χ3n) is 4.13. The molecule has 2 fully saturated rings. The molecule has 0 radical (unpaired) electrons. The third-order valence-corrected chi connectivity index (χ3v) is 5.90. The maximum absolute atomic E-state index is 11.5. The summed E-state index contributed by atoms with van der Waals surface area (Å²) in [5.41, 5.74) is -0.263. The third kappa shape index (κ3) is 2.53. The van der Waals surface area contributed by atoms with E-state index in [1.54, 1.807) is 0 Å². The smallest absolute Gasteiger partial charge is 0.246 e. The van der Waals surface area contributed by atoms with Crippen molar-refractivity contribution in [2.24, 2.45) is 0 Å². The molecule has 6 nitrogen and oxygen atoms in total. The number of nitrogens with zero attached hydrogens (tertiary/aromatic N) is 2. The summed E-state index contributed by atoms with van der Waals surface area (Å²) in [5, 5.41) is 7.41. The summed E-state index contributed by atoms with van der Waals surface area (Å²) >= 11 is 0. The van der Waals surface area contributed by atoms with Crippen LogP contribution in [0.5, 0.6) is 0 Å². The highest BCUT2D eigenvalue weighted by atomic mass is 32.2. The van der Waals surface area contributed by atoms with Crippen molar-refractivity contribution in [3.8, 4) is 0 Å². The molecule has 0 spiro atoms. The van der Waals surface area contributed by atoms with Gasteiger partial charge in [-0.2, -0.15) is 4.98 Å². The second-order valence-electron chi connectivity index (χ2n) is 5.77. The lowest BCUT2D eigenvalue weighted by atomic mass is 9.91. The highest BCUT2D eigenvalue weighted by molar-refractivity contribution is 7.91. The average molecular weight is 285 g/mol. The second-order valence-corrected chi connectivity index (χ2v) is 8.00. The standard InChI is InChI=1S/C12H19N3O3S/c1-12(5-2-3-6-13-12)11-14-10(15-18-11)9-4-7-19(16,17)8-9/h9,13H,2-8H2,1H3. The van der Waals surface area contributed by atoms with E-state index in [9.17, 15) is 8.42 Å². The van der Waals surface area contributed by atoms with Gasteiger partial charge in [-0.3, -0.25) is 0 Å². The number of sulfone groups is 1. The van der Waals surface area contributed by atoms with Gasteiger partial charge in [0.05, 0.1) is 17.0 Å². The summed E-state index contributed by atoms with van der Waals surface area (Å²) in [6, 6.07) is 0. The van der Waals surface area contributed by atoms with Crippen LogP contribution in [-0.2, 0) is 15.4 Å². The molecule has 1 aromatic rings. The van der Waals surface area contributed by atoms with E-state index in [-0.39, 0.29) is 23.0 Å². The number of rotatable bonds is 2. The van der Waals surface area contributed by atoms with Crippen LogP contribution in [0.25, 0.3) is 0 Å². The molecule has 0 aliphatic carbocycles. The van der Waals surface area contributed by atoms with Crippen molar-refractivity contribution in [2.75, 3.05) is 18.1 Å². The second kappa shape index (κ2) is 4.56. The Morgan fingerprint density at radius 2 is 2.26 bits per heavy atom. The molecule has 3 rings (SSSR count). The lowest BCUT2D eigenvalue weighted by Crippen LogP contribution is -2.43. The molecule has 1 aromatic heterocycles. The Morgan fingerprint density at radius 3 is 2.89 bits per heavy atom. The van der Waals surface area contributed by atoms with Gasteiger partial charge in [-0.25, -0.2) is 8.42 Å². The van der Waals surface area contributed by atoms with Crippen LogP contribution in [0.4, 0.5) is 0 Å². The van der Waals surface area contributed by atoms with E-state index < -0.39 is 9.84 Å². The number of piperidine rings is 1. The Kier molecular flexibility index (Phi) is 3.13. The quantitative estimate of drug-likeness (QED) is 0.871. The van der Waals surface area contributed by atoms with Crippen molar-refractivity contribution in [3.05, 3.63) is 11.7 Å². The van der Waals surface area contributed by atoms with Crippen molar-refractivity contribution in [3.63, 3.8) is 0 Å². The summed E-state index contributed by atoms with van der Waals surface area (Å²) < 4.78 is 28.3. The molecule has 2 saturated heterocycles.